The number of hydrogen-bond donors (Lipinski definition) is 2. The minimum atomic E-state index is -0.628. The number of rotatable bonds is 2. The second kappa shape index (κ2) is 4.09. The number of primary amides is 1. The van der Waals surface area contributed by atoms with Crippen LogP contribution in [0, 0.1) is 0 Å². The van der Waals surface area contributed by atoms with Crippen LogP contribution in [0.15, 0.2) is 0 Å². The molecule has 2 aliphatic heterocycles. The van der Waals surface area contributed by atoms with Crippen molar-refractivity contribution in [2.24, 2.45) is 5.73 Å². The lowest BCUT2D eigenvalue weighted by molar-refractivity contribution is -0.160. The van der Waals surface area contributed by atoms with Gasteiger partial charge in [0.15, 0.2) is 0 Å². The Morgan fingerprint density at radius 3 is 2.88 bits per heavy atom. The summed E-state index contributed by atoms with van der Waals surface area (Å²) < 4.78 is 0. The van der Waals surface area contributed by atoms with Crippen LogP contribution in [0.1, 0.15) is 0 Å². The second-order valence-electron chi connectivity index (χ2n) is 4.01. The number of nitrogens with one attached hydrogen (secondary N) is 1. The number of nitrogens with zero attached hydrogens (tertiary/aromatic N) is 2. The zero-order valence-electron chi connectivity index (χ0n) is 8.81. The molecule has 0 aliphatic carbocycles. The molecule has 3 amide bonds. The summed E-state index contributed by atoms with van der Waals surface area (Å²) in [5.74, 6) is -1.76. The first kappa shape index (κ1) is 10.9. The van der Waals surface area contributed by atoms with E-state index in [4.69, 9.17) is 5.73 Å². The molecular weight excluding hydrogens is 212 g/mol. The highest BCUT2D eigenvalue weighted by molar-refractivity contribution is 6.35. The van der Waals surface area contributed by atoms with Crippen molar-refractivity contribution in [1.82, 2.24) is 15.1 Å². The van der Waals surface area contributed by atoms with Crippen LogP contribution in [-0.4, -0.2) is 66.3 Å². The third-order valence-corrected chi connectivity index (χ3v) is 2.86. The standard InChI is InChI=1S/C9H14N4O3/c10-7(14)5-12-4-6-3-11-1-2-13(6)9(16)8(12)15/h6,11H,1-5H2,(H2,10,14). The molecule has 1 unspecified atom stereocenters. The number of piperazine rings is 2. The summed E-state index contributed by atoms with van der Waals surface area (Å²) in [7, 11) is 0. The van der Waals surface area contributed by atoms with Gasteiger partial charge in [-0.05, 0) is 0 Å². The Balaban J connectivity index is 2.11. The van der Waals surface area contributed by atoms with Gasteiger partial charge in [-0.3, -0.25) is 14.4 Å². The number of hydrogen-bond acceptors (Lipinski definition) is 4. The van der Waals surface area contributed by atoms with Gasteiger partial charge in [-0.1, -0.05) is 0 Å². The Kier molecular flexibility index (Phi) is 2.78. The molecule has 0 radical (unpaired) electrons. The lowest BCUT2D eigenvalue weighted by atomic mass is 10.1. The van der Waals surface area contributed by atoms with Crippen LogP contribution in [0.2, 0.25) is 0 Å². The van der Waals surface area contributed by atoms with Crippen molar-refractivity contribution in [2.75, 3.05) is 32.7 Å². The smallest absolute Gasteiger partial charge is 0.312 e. The summed E-state index contributed by atoms with van der Waals surface area (Å²) >= 11 is 0. The van der Waals surface area contributed by atoms with Crippen LogP contribution in [0.3, 0.4) is 0 Å². The van der Waals surface area contributed by atoms with Crippen molar-refractivity contribution in [3.05, 3.63) is 0 Å². The van der Waals surface area contributed by atoms with Crippen LogP contribution < -0.4 is 11.1 Å². The fourth-order valence-electron chi connectivity index (χ4n) is 2.11. The number of nitrogens with two attached hydrogens (primary N) is 1. The predicted octanol–water partition coefficient (Wildman–Crippen LogP) is -2.89. The fourth-order valence-corrected chi connectivity index (χ4v) is 2.11. The van der Waals surface area contributed by atoms with Crippen molar-refractivity contribution in [1.29, 1.82) is 0 Å². The molecule has 3 N–H and O–H groups in total. The molecule has 7 nitrogen and oxygen atoms in total. The van der Waals surface area contributed by atoms with Crippen molar-refractivity contribution in [2.45, 2.75) is 6.04 Å². The zero-order chi connectivity index (χ0) is 11.7. The van der Waals surface area contributed by atoms with Crippen molar-refractivity contribution >= 4 is 17.7 Å². The fraction of sp³-hybridized carbons (Fsp3) is 0.667. The molecule has 1 atom stereocenters. The van der Waals surface area contributed by atoms with E-state index in [1.165, 1.54) is 4.90 Å². The SMILES string of the molecule is NC(=O)CN1CC2CNCCN2C(=O)C1=O. The molecule has 2 rings (SSSR count). The van der Waals surface area contributed by atoms with Crippen molar-refractivity contribution < 1.29 is 14.4 Å². The average Bonchev–Trinajstić information content (AvgIpc) is 2.25. The maximum Gasteiger partial charge on any atom is 0.312 e. The Hall–Kier alpha value is -1.63. The summed E-state index contributed by atoms with van der Waals surface area (Å²) in [6, 6.07) is -0.0432. The molecule has 2 fully saturated rings. The summed E-state index contributed by atoms with van der Waals surface area (Å²) in [6.07, 6.45) is 0. The van der Waals surface area contributed by atoms with Gasteiger partial charge in [-0.25, -0.2) is 0 Å². The minimum Gasteiger partial charge on any atom is -0.368 e. The summed E-state index contributed by atoms with van der Waals surface area (Å²) in [5.41, 5.74) is 5.03. The maximum absolute atomic E-state index is 11.7. The van der Waals surface area contributed by atoms with E-state index in [1.807, 2.05) is 0 Å². The van der Waals surface area contributed by atoms with E-state index in [-0.39, 0.29) is 12.6 Å². The molecule has 0 saturated carbocycles. The van der Waals surface area contributed by atoms with E-state index < -0.39 is 17.7 Å². The Labute approximate surface area is 92.5 Å². The molecule has 0 aromatic carbocycles. The Bertz CT molecular complexity index is 344. The number of carbonyl (C=O) groups excluding carboxylic acids is 3. The monoisotopic (exact) mass is 226 g/mol. The van der Waals surface area contributed by atoms with E-state index in [0.717, 1.165) is 0 Å². The molecule has 88 valence electrons. The lowest BCUT2D eigenvalue weighted by Crippen LogP contribution is -2.66. The molecule has 2 aliphatic rings. The largest absolute Gasteiger partial charge is 0.368 e. The number of carbonyl (C=O) groups is 3. The van der Waals surface area contributed by atoms with Crippen LogP contribution in [0.5, 0.6) is 0 Å². The molecule has 2 heterocycles. The second-order valence-corrected chi connectivity index (χ2v) is 4.01. The van der Waals surface area contributed by atoms with Gasteiger partial charge in [-0.2, -0.15) is 0 Å². The third-order valence-electron chi connectivity index (χ3n) is 2.86. The van der Waals surface area contributed by atoms with Gasteiger partial charge in [0, 0.05) is 26.2 Å². The van der Waals surface area contributed by atoms with Crippen LogP contribution in [0.25, 0.3) is 0 Å². The zero-order valence-corrected chi connectivity index (χ0v) is 8.81. The molecular formula is C9H14N4O3. The Morgan fingerprint density at radius 2 is 2.19 bits per heavy atom. The van der Waals surface area contributed by atoms with Crippen molar-refractivity contribution in [3.63, 3.8) is 0 Å². The summed E-state index contributed by atoms with van der Waals surface area (Å²) in [6.45, 7) is 2.08. The normalized spacial score (nSPS) is 25.6. The van der Waals surface area contributed by atoms with Gasteiger partial charge >= 0.3 is 11.8 Å². The molecule has 0 bridgehead atoms. The molecule has 16 heavy (non-hydrogen) atoms. The van der Waals surface area contributed by atoms with E-state index in [9.17, 15) is 14.4 Å². The number of amides is 3. The first-order chi connectivity index (χ1) is 7.59. The molecule has 0 aromatic rings. The Morgan fingerprint density at radius 1 is 1.44 bits per heavy atom. The minimum absolute atomic E-state index is 0.0432. The first-order valence-electron chi connectivity index (χ1n) is 5.18. The highest BCUT2D eigenvalue weighted by atomic mass is 16.2. The van der Waals surface area contributed by atoms with E-state index >= 15 is 0 Å². The van der Waals surface area contributed by atoms with E-state index in [2.05, 4.69) is 5.32 Å². The molecule has 0 aromatic heterocycles. The molecule has 7 heteroatoms. The topological polar surface area (TPSA) is 95.7 Å². The maximum atomic E-state index is 11.7. The summed E-state index contributed by atoms with van der Waals surface area (Å²) in [5, 5.41) is 3.15. The quantitative estimate of drug-likeness (QED) is 0.494. The van der Waals surface area contributed by atoms with Gasteiger partial charge in [0.05, 0.1) is 12.6 Å². The summed E-state index contributed by atoms with van der Waals surface area (Å²) in [4.78, 5) is 36.9. The highest BCUT2D eigenvalue weighted by Crippen LogP contribution is 2.13. The third kappa shape index (κ3) is 1.85. The van der Waals surface area contributed by atoms with Gasteiger partial charge in [0.2, 0.25) is 5.91 Å². The van der Waals surface area contributed by atoms with Crippen LogP contribution >= 0.6 is 0 Å². The van der Waals surface area contributed by atoms with E-state index in [0.29, 0.717) is 26.2 Å². The lowest BCUT2D eigenvalue weighted by Gasteiger charge is -2.42. The van der Waals surface area contributed by atoms with Gasteiger partial charge in [-0.15, -0.1) is 0 Å². The van der Waals surface area contributed by atoms with Gasteiger partial charge < -0.3 is 20.9 Å². The van der Waals surface area contributed by atoms with Gasteiger partial charge in [0.1, 0.15) is 0 Å². The van der Waals surface area contributed by atoms with Crippen LogP contribution in [0.4, 0.5) is 0 Å². The average molecular weight is 226 g/mol. The van der Waals surface area contributed by atoms with Crippen molar-refractivity contribution in [3.8, 4) is 0 Å². The predicted molar refractivity (Wildman–Crippen MR) is 54.1 cm³/mol. The highest BCUT2D eigenvalue weighted by Gasteiger charge is 2.40. The number of fused-ring (bicyclic) bond motifs is 1. The first-order valence-corrected chi connectivity index (χ1v) is 5.18. The molecule has 2 saturated heterocycles. The van der Waals surface area contributed by atoms with E-state index in [1.54, 1.807) is 4.90 Å². The van der Waals surface area contributed by atoms with Crippen LogP contribution in [-0.2, 0) is 14.4 Å². The van der Waals surface area contributed by atoms with Gasteiger partial charge in [0.25, 0.3) is 0 Å². The molecule has 0 spiro atoms.